The molecule has 0 atom stereocenters. The van der Waals surface area contributed by atoms with Gasteiger partial charge in [-0.15, -0.1) is 0 Å². The summed E-state index contributed by atoms with van der Waals surface area (Å²) >= 11 is 0. The average molecular weight is 278 g/mol. The molecule has 0 spiro atoms. The van der Waals surface area contributed by atoms with E-state index < -0.39 is 17.6 Å². The van der Waals surface area contributed by atoms with Gasteiger partial charge >= 0.3 is 0 Å². The van der Waals surface area contributed by atoms with Crippen molar-refractivity contribution in [2.24, 2.45) is 5.73 Å². The van der Waals surface area contributed by atoms with Gasteiger partial charge in [-0.05, 0) is 18.2 Å². The number of benzene rings is 1. The van der Waals surface area contributed by atoms with Gasteiger partial charge in [0, 0.05) is 24.9 Å². The minimum absolute atomic E-state index is 0.0267. The molecule has 5 nitrogen and oxygen atoms in total. The maximum atomic E-state index is 13.7. The zero-order valence-corrected chi connectivity index (χ0v) is 10.8. The maximum Gasteiger partial charge on any atom is 0.251 e. The Morgan fingerprint density at radius 2 is 2.15 bits per heavy atom. The summed E-state index contributed by atoms with van der Waals surface area (Å²) in [6, 6.07) is 3.90. The lowest BCUT2D eigenvalue weighted by Crippen LogP contribution is -2.27. The Labute approximate surface area is 116 Å². The van der Waals surface area contributed by atoms with Crippen molar-refractivity contribution in [3.63, 3.8) is 0 Å². The van der Waals surface area contributed by atoms with Gasteiger partial charge in [0.1, 0.15) is 5.82 Å². The predicted molar refractivity (Wildman–Crippen MR) is 71.1 cm³/mol. The van der Waals surface area contributed by atoms with E-state index in [1.807, 2.05) is 0 Å². The second-order valence-electron chi connectivity index (χ2n) is 3.94. The van der Waals surface area contributed by atoms with Gasteiger partial charge in [-0.2, -0.15) is 0 Å². The number of hydrogen-bond donors (Lipinski definition) is 3. The van der Waals surface area contributed by atoms with Crippen LogP contribution in [0.25, 0.3) is 0 Å². The topological polar surface area (TPSA) is 92.4 Å². The maximum absolute atomic E-state index is 13.7. The van der Waals surface area contributed by atoms with Crippen molar-refractivity contribution in [1.29, 1.82) is 0 Å². The van der Waals surface area contributed by atoms with E-state index in [1.165, 1.54) is 12.1 Å². The van der Waals surface area contributed by atoms with Crippen molar-refractivity contribution in [1.82, 2.24) is 5.32 Å². The molecular weight excluding hydrogens is 263 g/mol. The first-order valence-corrected chi connectivity index (χ1v) is 6.00. The van der Waals surface area contributed by atoms with Crippen LogP contribution >= 0.6 is 0 Å². The van der Waals surface area contributed by atoms with E-state index in [0.717, 1.165) is 6.07 Å². The SMILES string of the molecule is NC(=O)CCNC(=O)c1ccc(C#CCCO)c(F)c1. The second kappa shape index (κ2) is 7.92. The van der Waals surface area contributed by atoms with Crippen LogP contribution in [0.3, 0.4) is 0 Å². The summed E-state index contributed by atoms with van der Waals surface area (Å²) in [5, 5.41) is 11.0. The van der Waals surface area contributed by atoms with Gasteiger partial charge in [0.2, 0.25) is 5.91 Å². The fourth-order valence-electron chi connectivity index (χ4n) is 1.37. The van der Waals surface area contributed by atoms with E-state index >= 15 is 0 Å². The standard InChI is InChI=1S/C14H15FN2O3/c15-12-9-11(14(20)17-7-6-13(16)19)5-4-10(12)3-1-2-8-18/h4-5,9,18H,2,6-8H2,(H2,16,19)(H,17,20). The van der Waals surface area contributed by atoms with Crippen molar-refractivity contribution in [3.05, 3.63) is 35.1 Å². The van der Waals surface area contributed by atoms with Crippen molar-refractivity contribution in [2.45, 2.75) is 12.8 Å². The number of nitrogens with one attached hydrogen (secondary N) is 1. The highest BCUT2D eigenvalue weighted by atomic mass is 19.1. The minimum Gasteiger partial charge on any atom is -0.395 e. The Kier molecular flexibility index (Phi) is 6.20. The van der Waals surface area contributed by atoms with Crippen LogP contribution in [0.5, 0.6) is 0 Å². The summed E-state index contributed by atoms with van der Waals surface area (Å²) in [6.07, 6.45) is 0.285. The normalized spacial score (nSPS) is 9.50. The number of amides is 2. The Bertz CT molecular complexity index is 561. The van der Waals surface area contributed by atoms with Crippen LogP contribution in [-0.4, -0.2) is 30.1 Å². The molecule has 0 saturated heterocycles. The number of carbonyl (C=O) groups is 2. The highest BCUT2D eigenvalue weighted by Gasteiger charge is 2.08. The summed E-state index contributed by atoms with van der Waals surface area (Å²) in [7, 11) is 0. The smallest absolute Gasteiger partial charge is 0.251 e. The Morgan fingerprint density at radius 1 is 1.40 bits per heavy atom. The highest BCUT2D eigenvalue weighted by molar-refractivity contribution is 5.94. The summed E-state index contributed by atoms with van der Waals surface area (Å²) in [6.45, 7) is 0.0167. The molecule has 1 aromatic rings. The number of rotatable bonds is 5. The molecule has 1 rings (SSSR count). The predicted octanol–water partition coefficient (Wildman–Crippen LogP) is 0.165. The summed E-state index contributed by atoms with van der Waals surface area (Å²) in [4.78, 5) is 22.2. The molecule has 0 bridgehead atoms. The number of aliphatic hydroxyl groups excluding tert-OH is 1. The largest absolute Gasteiger partial charge is 0.395 e. The first-order chi connectivity index (χ1) is 9.54. The second-order valence-corrected chi connectivity index (χ2v) is 3.94. The molecule has 6 heteroatoms. The van der Waals surface area contributed by atoms with Gasteiger partial charge in [-0.1, -0.05) is 11.8 Å². The molecule has 1 aromatic carbocycles. The first kappa shape index (κ1) is 15.7. The van der Waals surface area contributed by atoms with Crippen molar-refractivity contribution in [2.75, 3.05) is 13.2 Å². The molecule has 106 valence electrons. The molecule has 0 fully saturated rings. The first-order valence-electron chi connectivity index (χ1n) is 6.00. The average Bonchev–Trinajstić information content (AvgIpc) is 2.40. The number of halogens is 1. The summed E-state index contributed by atoms with van der Waals surface area (Å²) in [5.41, 5.74) is 5.23. The molecule has 0 aromatic heterocycles. The van der Waals surface area contributed by atoms with Gasteiger partial charge < -0.3 is 16.2 Å². The van der Waals surface area contributed by atoms with Crippen LogP contribution in [0.1, 0.15) is 28.8 Å². The molecule has 20 heavy (non-hydrogen) atoms. The zero-order chi connectivity index (χ0) is 15.0. The summed E-state index contributed by atoms with van der Waals surface area (Å²) < 4.78 is 13.7. The minimum atomic E-state index is -0.613. The lowest BCUT2D eigenvalue weighted by Gasteiger charge is -2.04. The molecule has 0 aliphatic heterocycles. The van der Waals surface area contributed by atoms with E-state index in [2.05, 4.69) is 17.2 Å². The van der Waals surface area contributed by atoms with Gasteiger partial charge in [-0.3, -0.25) is 9.59 Å². The lowest BCUT2D eigenvalue weighted by atomic mass is 10.1. The number of hydrogen-bond acceptors (Lipinski definition) is 3. The quantitative estimate of drug-likeness (QED) is 0.670. The Hall–Kier alpha value is -2.39. The van der Waals surface area contributed by atoms with Crippen molar-refractivity contribution >= 4 is 11.8 Å². The van der Waals surface area contributed by atoms with Crippen LogP contribution in [0.2, 0.25) is 0 Å². The molecule has 0 aliphatic carbocycles. The van der Waals surface area contributed by atoms with E-state index in [0.29, 0.717) is 0 Å². The van der Waals surface area contributed by atoms with Crippen molar-refractivity contribution < 1.29 is 19.1 Å². The molecule has 2 amide bonds. The van der Waals surface area contributed by atoms with E-state index in [9.17, 15) is 14.0 Å². The van der Waals surface area contributed by atoms with Gasteiger partial charge in [0.25, 0.3) is 5.91 Å². The fraction of sp³-hybridized carbons (Fsp3) is 0.286. The fourth-order valence-corrected chi connectivity index (χ4v) is 1.37. The molecule has 0 heterocycles. The van der Waals surface area contributed by atoms with Gasteiger partial charge in [0.15, 0.2) is 0 Å². The van der Waals surface area contributed by atoms with Crippen LogP contribution in [-0.2, 0) is 4.79 Å². The molecular formula is C14H15FN2O3. The van der Waals surface area contributed by atoms with Crippen LogP contribution in [0.4, 0.5) is 4.39 Å². The van der Waals surface area contributed by atoms with E-state index in [-0.39, 0.29) is 37.1 Å². The van der Waals surface area contributed by atoms with Crippen LogP contribution in [0, 0.1) is 17.7 Å². The third-order valence-corrected chi connectivity index (χ3v) is 2.35. The lowest BCUT2D eigenvalue weighted by molar-refractivity contribution is -0.117. The third-order valence-electron chi connectivity index (χ3n) is 2.35. The molecule has 0 radical (unpaired) electrons. The molecule has 0 unspecified atom stereocenters. The van der Waals surface area contributed by atoms with E-state index in [4.69, 9.17) is 10.8 Å². The Morgan fingerprint density at radius 3 is 2.75 bits per heavy atom. The molecule has 4 N–H and O–H groups in total. The Balaban J connectivity index is 2.69. The highest BCUT2D eigenvalue weighted by Crippen LogP contribution is 2.09. The third kappa shape index (κ3) is 5.08. The number of aliphatic hydroxyl groups is 1. The molecule has 0 aliphatic rings. The molecule has 0 saturated carbocycles. The van der Waals surface area contributed by atoms with Gasteiger partial charge in [0.05, 0.1) is 12.2 Å². The number of primary amides is 1. The number of carbonyl (C=O) groups excluding carboxylic acids is 2. The number of nitrogens with two attached hydrogens (primary N) is 1. The van der Waals surface area contributed by atoms with Crippen LogP contribution < -0.4 is 11.1 Å². The monoisotopic (exact) mass is 278 g/mol. The van der Waals surface area contributed by atoms with Crippen LogP contribution in [0.15, 0.2) is 18.2 Å². The zero-order valence-electron chi connectivity index (χ0n) is 10.8. The summed E-state index contributed by atoms with van der Waals surface area (Å²) in [5.74, 6) is 3.53. The van der Waals surface area contributed by atoms with Gasteiger partial charge in [-0.25, -0.2) is 4.39 Å². The van der Waals surface area contributed by atoms with E-state index in [1.54, 1.807) is 0 Å². The van der Waals surface area contributed by atoms with Crippen molar-refractivity contribution in [3.8, 4) is 11.8 Å².